The first-order valence-corrected chi connectivity index (χ1v) is 11.4. The molecule has 0 saturated carbocycles. The van der Waals surface area contributed by atoms with Crippen molar-refractivity contribution in [2.75, 3.05) is 50.8 Å². The van der Waals surface area contributed by atoms with Crippen LogP contribution >= 0.6 is 0 Å². The van der Waals surface area contributed by atoms with Crippen molar-refractivity contribution in [2.45, 2.75) is 57.0 Å². The van der Waals surface area contributed by atoms with Gasteiger partial charge >= 0.3 is 0 Å². The molecule has 1 amide bonds. The van der Waals surface area contributed by atoms with E-state index in [9.17, 15) is 9.28 Å². The number of alkyl halides is 1. The largest absolute Gasteiger partial charge is 0.362 e. The maximum Gasteiger partial charge on any atom is 0.259 e. The Morgan fingerprint density at radius 1 is 1.23 bits per heavy atom. The van der Waals surface area contributed by atoms with Crippen LogP contribution in [-0.2, 0) is 28.2 Å². The van der Waals surface area contributed by atoms with Crippen LogP contribution in [-0.4, -0.2) is 83.9 Å². The van der Waals surface area contributed by atoms with Crippen LogP contribution in [0.25, 0.3) is 0 Å². The third-order valence-corrected chi connectivity index (χ3v) is 7.06. The maximum atomic E-state index is 16.2. The lowest BCUT2D eigenvalue weighted by molar-refractivity contribution is -0.314. The number of fused-ring (bicyclic) bond motifs is 1. The SMILES string of the molecule is CC1CCN1c1nc2c(c(C3(F)C(OCC(=O)N4CCNCC4)CN3F)n1)CCCC2. The molecule has 4 aliphatic rings. The Bertz CT molecular complexity index is 851. The highest BCUT2D eigenvalue weighted by molar-refractivity contribution is 5.77. The van der Waals surface area contributed by atoms with Crippen LogP contribution in [0.2, 0.25) is 0 Å². The highest BCUT2D eigenvalue weighted by atomic mass is 19.2. The summed E-state index contributed by atoms with van der Waals surface area (Å²) < 4.78 is 36.5. The van der Waals surface area contributed by atoms with E-state index in [0.29, 0.717) is 31.0 Å². The Balaban J connectivity index is 1.39. The van der Waals surface area contributed by atoms with Gasteiger partial charge in [-0.05, 0) is 39.0 Å². The van der Waals surface area contributed by atoms with Crippen LogP contribution in [0.3, 0.4) is 0 Å². The fourth-order valence-electron chi connectivity index (χ4n) is 4.86. The molecule has 8 nitrogen and oxygen atoms in total. The molecule has 0 bridgehead atoms. The molecular formula is C21H30F2N6O2. The predicted molar refractivity (Wildman–Crippen MR) is 110 cm³/mol. The van der Waals surface area contributed by atoms with Crippen LogP contribution in [0.5, 0.6) is 0 Å². The molecule has 3 aliphatic heterocycles. The van der Waals surface area contributed by atoms with E-state index in [0.717, 1.165) is 51.0 Å². The van der Waals surface area contributed by atoms with Gasteiger partial charge in [-0.25, -0.2) is 14.4 Å². The second-order valence-corrected chi connectivity index (χ2v) is 8.98. The highest BCUT2D eigenvalue weighted by Gasteiger charge is 2.61. The van der Waals surface area contributed by atoms with Crippen molar-refractivity contribution in [3.8, 4) is 0 Å². The van der Waals surface area contributed by atoms with Crippen LogP contribution in [0.1, 0.15) is 43.1 Å². The Kier molecular flexibility index (Phi) is 5.56. The first kappa shape index (κ1) is 21.0. The zero-order valence-electron chi connectivity index (χ0n) is 17.9. The molecule has 1 aromatic heterocycles. The molecule has 0 spiro atoms. The zero-order chi connectivity index (χ0) is 21.6. The molecule has 0 aromatic carbocycles. The topological polar surface area (TPSA) is 73.8 Å². The Morgan fingerprint density at radius 3 is 2.68 bits per heavy atom. The fourth-order valence-corrected chi connectivity index (χ4v) is 4.86. The Labute approximate surface area is 180 Å². The van der Waals surface area contributed by atoms with Crippen molar-refractivity contribution >= 4 is 11.9 Å². The number of rotatable bonds is 5. The number of hydrogen-bond acceptors (Lipinski definition) is 7. The van der Waals surface area contributed by atoms with Crippen molar-refractivity contribution in [1.82, 2.24) is 25.3 Å². The average Bonchev–Trinajstić information content (AvgIpc) is 2.80. The number of anilines is 1. The second-order valence-electron chi connectivity index (χ2n) is 8.98. The number of ether oxygens (including phenoxy) is 1. The number of aromatic nitrogens is 2. The highest BCUT2D eigenvalue weighted by Crippen LogP contribution is 2.46. The molecule has 31 heavy (non-hydrogen) atoms. The van der Waals surface area contributed by atoms with Crippen LogP contribution in [0.4, 0.5) is 14.8 Å². The number of carbonyl (C=O) groups is 1. The van der Waals surface area contributed by atoms with Gasteiger partial charge in [0.2, 0.25) is 11.9 Å². The molecule has 170 valence electrons. The van der Waals surface area contributed by atoms with E-state index in [1.807, 2.05) is 4.90 Å². The molecule has 10 heteroatoms. The van der Waals surface area contributed by atoms with Gasteiger partial charge in [-0.2, -0.15) is 0 Å². The van der Waals surface area contributed by atoms with Crippen LogP contribution in [0, 0.1) is 0 Å². The lowest BCUT2D eigenvalue weighted by Crippen LogP contribution is -2.64. The van der Waals surface area contributed by atoms with Crippen molar-refractivity contribution < 1.29 is 18.4 Å². The second kappa shape index (κ2) is 8.22. The third kappa shape index (κ3) is 3.58. The van der Waals surface area contributed by atoms with Crippen molar-refractivity contribution in [2.24, 2.45) is 0 Å². The fraction of sp³-hybridized carbons (Fsp3) is 0.762. The number of nitrogens with zero attached hydrogens (tertiary/aromatic N) is 5. The number of nitrogens with one attached hydrogen (secondary N) is 1. The predicted octanol–water partition coefficient (Wildman–Crippen LogP) is 1.09. The summed E-state index contributed by atoms with van der Waals surface area (Å²) in [6.45, 7) is 5.07. The Hall–Kier alpha value is -1.91. The van der Waals surface area contributed by atoms with E-state index >= 15 is 4.39 Å². The van der Waals surface area contributed by atoms with Crippen molar-refractivity contribution in [3.63, 3.8) is 0 Å². The van der Waals surface area contributed by atoms with Crippen molar-refractivity contribution in [3.05, 3.63) is 17.0 Å². The molecular weight excluding hydrogens is 406 g/mol. The van der Waals surface area contributed by atoms with E-state index in [4.69, 9.17) is 9.72 Å². The molecule has 3 fully saturated rings. The summed E-state index contributed by atoms with van der Waals surface area (Å²) in [6, 6.07) is 0.289. The minimum atomic E-state index is -2.49. The van der Waals surface area contributed by atoms with Gasteiger partial charge in [0.05, 0.1) is 6.54 Å². The van der Waals surface area contributed by atoms with E-state index in [-0.39, 0.29) is 35.9 Å². The molecule has 3 unspecified atom stereocenters. The summed E-state index contributed by atoms with van der Waals surface area (Å²) in [7, 11) is 0. The lowest BCUT2D eigenvalue weighted by Gasteiger charge is -2.48. The minimum Gasteiger partial charge on any atom is -0.362 e. The van der Waals surface area contributed by atoms with E-state index in [2.05, 4.69) is 17.2 Å². The van der Waals surface area contributed by atoms with Gasteiger partial charge in [0, 0.05) is 50.0 Å². The van der Waals surface area contributed by atoms with E-state index in [1.165, 1.54) is 0 Å². The van der Waals surface area contributed by atoms with Crippen LogP contribution < -0.4 is 10.2 Å². The summed E-state index contributed by atoms with van der Waals surface area (Å²) in [4.78, 5) is 25.4. The van der Waals surface area contributed by atoms with Gasteiger partial charge in [0.1, 0.15) is 18.4 Å². The lowest BCUT2D eigenvalue weighted by atomic mass is 9.86. The third-order valence-electron chi connectivity index (χ3n) is 7.06. The molecule has 3 saturated heterocycles. The molecule has 1 N–H and O–H groups in total. The first-order chi connectivity index (χ1) is 15.0. The van der Waals surface area contributed by atoms with E-state index < -0.39 is 11.9 Å². The number of aryl methyl sites for hydroxylation is 1. The summed E-state index contributed by atoms with van der Waals surface area (Å²) in [5.74, 6) is -2.21. The van der Waals surface area contributed by atoms with Crippen molar-refractivity contribution in [1.29, 1.82) is 0 Å². The monoisotopic (exact) mass is 436 g/mol. The molecule has 3 atom stereocenters. The number of piperazine rings is 1. The first-order valence-electron chi connectivity index (χ1n) is 11.4. The number of carbonyl (C=O) groups excluding carboxylic acids is 1. The van der Waals surface area contributed by atoms with Gasteiger partial charge in [-0.15, -0.1) is 4.48 Å². The smallest absolute Gasteiger partial charge is 0.259 e. The number of hydrogen-bond donors (Lipinski definition) is 1. The summed E-state index contributed by atoms with van der Waals surface area (Å²) in [5.41, 5.74) is 1.60. The van der Waals surface area contributed by atoms with Gasteiger partial charge < -0.3 is 19.9 Å². The van der Waals surface area contributed by atoms with Gasteiger partial charge in [0.25, 0.3) is 5.79 Å². The summed E-state index contributed by atoms with van der Waals surface area (Å²) in [5, 5.41) is 3.34. The molecule has 0 radical (unpaired) electrons. The van der Waals surface area contributed by atoms with Gasteiger partial charge in [-0.1, -0.05) is 5.12 Å². The quantitative estimate of drug-likeness (QED) is 0.547. The summed E-state index contributed by atoms with van der Waals surface area (Å²) in [6.07, 6.45) is 3.22. The minimum absolute atomic E-state index is 0.0830. The molecule has 5 rings (SSSR count). The number of halogens is 2. The molecule has 1 aliphatic carbocycles. The number of amides is 1. The van der Waals surface area contributed by atoms with Crippen LogP contribution in [0.15, 0.2) is 0 Å². The maximum absolute atomic E-state index is 16.2. The standard InChI is InChI=1S/C21H30F2N6O2/c1-14-6-9-28(14)20-25-16-5-3-2-4-15(16)19(26-20)21(22)17(12-29(21)23)31-13-18(30)27-10-7-24-8-11-27/h14,17,24H,2-13H2,1H3. The molecule has 4 heterocycles. The van der Waals surface area contributed by atoms with Gasteiger partial charge in [-0.3, -0.25) is 4.79 Å². The Morgan fingerprint density at radius 2 is 2.00 bits per heavy atom. The normalized spacial score (nSPS) is 31.1. The average molecular weight is 437 g/mol. The van der Waals surface area contributed by atoms with Gasteiger partial charge in [0.15, 0.2) is 0 Å². The molecule has 1 aromatic rings. The zero-order valence-corrected chi connectivity index (χ0v) is 17.9. The van der Waals surface area contributed by atoms with E-state index in [1.54, 1.807) is 4.90 Å². The summed E-state index contributed by atoms with van der Waals surface area (Å²) >= 11 is 0.